The van der Waals surface area contributed by atoms with Gasteiger partial charge in [-0.1, -0.05) is 56.3 Å². The molecule has 37 heavy (non-hydrogen) atoms. The zero-order chi connectivity index (χ0) is 26.9. The maximum absolute atomic E-state index is 14.5. The molecule has 0 aromatic heterocycles. The quantitative estimate of drug-likeness (QED) is 0.450. The molecule has 3 amide bonds. The van der Waals surface area contributed by atoms with Crippen molar-refractivity contribution in [3.8, 4) is 0 Å². The molecule has 8 heteroatoms. The number of aliphatic hydroxyl groups is 1. The van der Waals surface area contributed by atoms with Crippen LogP contribution in [-0.4, -0.2) is 86.4 Å². The average molecular weight is 526 g/mol. The van der Waals surface area contributed by atoms with Crippen molar-refractivity contribution < 1.29 is 19.5 Å². The van der Waals surface area contributed by atoms with Crippen molar-refractivity contribution in [2.75, 3.05) is 26.7 Å². The van der Waals surface area contributed by atoms with Gasteiger partial charge in [0.15, 0.2) is 0 Å². The van der Waals surface area contributed by atoms with E-state index in [1.807, 2.05) is 44.2 Å². The highest BCUT2D eigenvalue weighted by Gasteiger charge is 2.74. The SMILES string of the molecule is C=CCN(C)C(=O)[C@@H]1[C@H]2C(=O)N([C@@H](CO)C(C)C)C(C(=O)N(CC=C)Cc3ccccc3)C23CC[C@H]1S3. The van der Waals surface area contributed by atoms with E-state index < -0.39 is 28.7 Å². The molecule has 6 atom stereocenters. The lowest BCUT2D eigenvalue weighted by Gasteiger charge is -2.40. The first-order valence-corrected chi connectivity index (χ1v) is 14.0. The van der Waals surface area contributed by atoms with E-state index in [1.165, 1.54) is 0 Å². The molecule has 1 N–H and O–H groups in total. The largest absolute Gasteiger partial charge is 0.394 e. The maximum atomic E-state index is 14.5. The van der Waals surface area contributed by atoms with E-state index in [0.717, 1.165) is 12.0 Å². The molecule has 3 aliphatic heterocycles. The van der Waals surface area contributed by atoms with Crippen LogP contribution in [-0.2, 0) is 20.9 Å². The Morgan fingerprint density at radius 1 is 1.19 bits per heavy atom. The van der Waals surface area contributed by atoms with E-state index in [4.69, 9.17) is 0 Å². The van der Waals surface area contributed by atoms with Crippen LogP contribution in [0.25, 0.3) is 0 Å². The van der Waals surface area contributed by atoms with Crippen molar-refractivity contribution in [1.29, 1.82) is 0 Å². The molecule has 4 rings (SSSR count). The number of nitrogens with zero attached hydrogens (tertiary/aromatic N) is 3. The predicted molar refractivity (Wildman–Crippen MR) is 147 cm³/mol. The van der Waals surface area contributed by atoms with Crippen LogP contribution in [0.1, 0.15) is 32.3 Å². The highest BCUT2D eigenvalue weighted by Crippen LogP contribution is 2.67. The summed E-state index contributed by atoms with van der Waals surface area (Å²) in [6, 6.07) is 8.52. The topological polar surface area (TPSA) is 81.2 Å². The first kappa shape index (κ1) is 27.5. The second-order valence-electron chi connectivity index (χ2n) is 10.8. The number of rotatable bonds is 11. The van der Waals surface area contributed by atoms with Crippen LogP contribution < -0.4 is 0 Å². The maximum Gasteiger partial charge on any atom is 0.247 e. The van der Waals surface area contributed by atoms with Crippen molar-refractivity contribution in [3.05, 3.63) is 61.2 Å². The van der Waals surface area contributed by atoms with E-state index in [0.29, 0.717) is 26.1 Å². The van der Waals surface area contributed by atoms with Gasteiger partial charge in [-0.15, -0.1) is 24.9 Å². The molecule has 3 heterocycles. The summed E-state index contributed by atoms with van der Waals surface area (Å²) in [7, 11) is 1.74. The molecule has 7 nitrogen and oxygen atoms in total. The lowest BCUT2D eigenvalue weighted by atomic mass is 9.70. The smallest absolute Gasteiger partial charge is 0.247 e. The molecule has 1 spiro atoms. The fourth-order valence-corrected chi connectivity index (χ4v) is 8.73. The van der Waals surface area contributed by atoms with Gasteiger partial charge < -0.3 is 19.8 Å². The van der Waals surface area contributed by atoms with Gasteiger partial charge in [0, 0.05) is 31.9 Å². The molecule has 2 bridgehead atoms. The van der Waals surface area contributed by atoms with Gasteiger partial charge in [-0.3, -0.25) is 14.4 Å². The van der Waals surface area contributed by atoms with Gasteiger partial charge in [0.05, 0.1) is 29.2 Å². The summed E-state index contributed by atoms with van der Waals surface area (Å²) >= 11 is 1.66. The molecule has 3 aliphatic rings. The normalized spacial score (nSPS) is 28.8. The van der Waals surface area contributed by atoms with Crippen LogP contribution in [0.4, 0.5) is 0 Å². The Kier molecular flexibility index (Phi) is 8.19. The van der Waals surface area contributed by atoms with Crippen molar-refractivity contribution in [2.45, 2.75) is 55.3 Å². The molecule has 1 aromatic rings. The number of hydrogen-bond acceptors (Lipinski definition) is 5. The van der Waals surface area contributed by atoms with Crippen LogP contribution in [0.5, 0.6) is 0 Å². The van der Waals surface area contributed by atoms with Gasteiger partial charge in [0.1, 0.15) is 6.04 Å². The third-order valence-electron chi connectivity index (χ3n) is 8.23. The van der Waals surface area contributed by atoms with Crippen molar-refractivity contribution in [2.24, 2.45) is 17.8 Å². The summed E-state index contributed by atoms with van der Waals surface area (Å²) in [4.78, 5) is 47.3. The first-order valence-electron chi connectivity index (χ1n) is 13.1. The van der Waals surface area contributed by atoms with Crippen molar-refractivity contribution in [3.63, 3.8) is 0 Å². The number of thioether (sulfide) groups is 1. The Morgan fingerprint density at radius 2 is 1.86 bits per heavy atom. The number of likely N-dealkylation sites (N-methyl/N-ethyl adjacent to an activating group) is 1. The molecule has 3 saturated heterocycles. The Labute approximate surface area is 224 Å². The number of likely N-dealkylation sites (tertiary alicyclic amines) is 1. The van der Waals surface area contributed by atoms with E-state index in [9.17, 15) is 19.5 Å². The second kappa shape index (κ2) is 11.0. The minimum Gasteiger partial charge on any atom is -0.394 e. The predicted octanol–water partition coefficient (Wildman–Crippen LogP) is 2.95. The summed E-state index contributed by atoms with van der Waals surface area (Å²) in [6.07, 6.45) is 4.87. The standard InChI is InChI=1S/C29H39N3O4S/c1-6-15-30(5)26(34)23-22-13-14-29(37-22)24(23)27(35)32(21(18-33)19(3)4)25(29)28(36)31(16-7-2)17-20-11-9-8-10-12-20/h6-12,19,21-25,33H,1-2,13-18H2,3-5H3/t21-,22+,23-,24-,25?,29?/m0/s1. The van der Waals surface area contributed by atoms with Crippen LogP contribution >= 0.6 is 11.8 Å². The molecule has 0 saturated carbocycles. The molecular weight excluding hydrogens is 486 g/mol. The summed E-state index contributed by atoms with van der Waals surface area (Å²) in [6.45, 7) is 12.4. The fourth-order valence-electron chi connectivity index (χ4n) is 6.53. The molecule has 2 unspecified atom stereocenters. The summed E-state index contributed by atoms with van der Waals surface area (Å²) in [5, 5.41) is 10.4. The van der Waals surface area contributed by atoms with Crippen molar-refractivity contribution in [1.82, 2.24) is 14.7 Å². The van der Waals surface area contributed by atoms with Gasteiger partial charge in [-0.05, 0) is 24.3 Å². The number of carbonyl (C=O) groups is 3. The molecular formula is C29H39N3O4S. The monoisotopic (exact) mass is 525 g/mol. The lowest BCUT2D eigenvalue weighted by molar-refractivity contribution is -0.147. The van der Waals surface area contributed by atoms with Crippen LogP contribution in [0, 0.1) is 17.8 Å². The van der Waals surface area contributed by atoms with E-state index in [1.54, 1.807) is 45.7 Å². The molecule has 3 fully saturated rings. The van der Waals surface area contributed by atoms with Crippen LogP contribution in [0.3, 0.4) is 0 Å². The number of aliphatic hydroxyl groups excluding tert-OH is 1. The van der Waals surface area contributed by atoms with Crippen molar-refractivity contribution >= 4 is 29.5 Å². The lowest BCUT2D eigenvalue weighted by Crippen LogP contribution is -2.58. The van der Waals surface area contributed by atoms with Gasteiger partial charge in [0.2, 0.25) is 17.7 Å². The average Bonchev–Trinajstić information content (AvgIpc) is 3.52. The Balaban J connectivity index is 1.77. The number of carbonyl (C=O) groups excluding carboxylic acids is 3. The zero-order valence-corrected chi connectivity index (χ0v) is 22.9. The second-order valence-corrected chi connectivity index (χ2v) is 12.4. The molecule has 200 valence electrons. The third kappa shape index (κ3) is 4.63. The van der Waals surface area contributed by atoms with Crippen LogP contribution in [0.15, 0.2) is 55.6 Å². The summed E-state index contributed by atoms with van der Waals surface area (Å²) < 4.78 is -0.688. The number of fused-ring (bicyclic) bond motifs is 1. The minimum atomic E-state index is -0.745. The highest BCUT2D eigenvalue weighted by atomic mass is 32.2. The zero-order valence-electron chi connectivity index (χ0n) is 22.1. The Hall–Kier alpha value is -2.58. The Morgan fingerprint density at radius 3 is 2.46 bits per heavy atom. The minimum absolute atomic E-state index is 0.000213. The molecule has 0 aliphatic carbocycles. The first-order chi connectivity index (χ1) is 17.7. The number of hydrogen-bond donors (Lipinski definition) is 1. The van der Waals surface area contributed by atoms with Gasteiger partial charge >= 0.3 is 0 Å². The summed E-state index contributed by atoms with van der Waals surface area (Å²) in [5.74, 6) is -1.50. The van der Waals surface area contributed by atoms with E-state index >= 15 is 0 Å². The van der Waals surface area contributed by atoms with Gasteiger partial charge in [-0.25, -0.2) is 0 Å². The van der Waals surface area contributed by atoms with Gasteiger partial charge in [-0.2, -0.15) is 0 Å². The Bertz CT molecular complexity index is 1050. The van der Waals surface area contributed by atoms with E-state index in [2.05, 4.69) is 13.2 Å². The highest BCUT2D eigenvalue weighted by molar-refractivity contribution is 8.02. The van der Waals surface area contributed by atoms with E-state index in [-0.39, 0.29) is 35.5 Å². The molecule has 0 radical (unpaired) electrons. The third-order valence-corrected chi connectivity index (χ3v) is 10.2. The molecule has 1 aromatic carbocycles. The van der Waals surface area contributed by atoms with Crippen LogP contribution in [0.2, 0.25) is 0 Å². The fraction of sp³-hybridized carbons (Fsp3) is 0.552. The number of benzene rings is 1. The number of amides is 3. The summed E-state index contributed by atoms with van der Waals surface area (Å²) in [5.41, 5.74) is 0.993. The van der Waals surface area contributed by atoms with Gasteiger partial charge in [0.25, 0.3) is 0 Å².